The topological polar surface area (TPSA) is 75.5 Å². The summed E-state index contributed by atoms with van der Waals surface area (Å²) < 4.78 is 4.72. The zero-order valence-electron chi connectivity index (χ0n) is 16.9. The van der Waals surface area contributed by atoms with E-state index in [4.69, 9.17) is 11.3 Å². The van der Waals surface area contributed by atoms with Crippen molar-refractivity contribution in [2.45, 2.75) is 13.0 Å². The molecule has 0 aliphatic carbocycles. The summed E-state index contributed by atoms with van der Waals surface area (Å²) in [6.07, 6.45) is 3.86. The highest BCUT2D eigenvalue weighted by molar-refractivity contribution is 5.90. The average molecular weight is 409 g/mol. The number of carbonyl (C=O) groups is 1. The Balaban J connectivity index is 1.48. The quantitative estimate of drug-likeness (QED) is 0.398. The Hall–Kier alpha value is -4.18. The smallest absolute Gasteiger partial charge is 0.341 e. The molecule has 152 valence electrons. The van der Waals surface area contributed by atoms with Crippen molar-refractivity contribution in [2.24, 2.45) is 0 Å². The predicted octanol–water partition coefficient (Wildman–Crippen LogP) is 4.52. The van der Waals surface area contributed by atoms with Crippen LogP contribution in [0.1, 0.15) is 21.6 Å². The summed E-state index contributed by atoms with van der Waals surface area (Å²) in [6, 6.07) is 14.0. The largest absolute Gasteiger partial charge is 0.465 e. The number of hydrogen-bond donors (Lipinski definition) is 1. The number of benzene rings is 2. The number of ether oxygens (including phenoxy) is 1. The van der Waals surface area contributed by atoms with Crippen molar-refractivity contribution in [3.63, 3.8) is 0 Å². The second kappa shape index (κ2) is 7.58. The molecule has 0 bridgehead atoms. The normalized spacial score (nSPS) is 13.0. The highest BCUT2D eigenvalue weighted by Gasteiger charge is 2.23. The number of aromatic amines is 1. The van der Waals surface area contributed by atoms with Gasteiger partial charge in [-0.05, 0) is 29.3 Å². The number of fused-ring (bicyclic) bond motifs is 3. The van der Waals surface area contributed by atoms with Crippen LogP contribution in [-0.4, -0.2) is 34.6 Å². The third kappa shape index (κ3) is 3.38. The minimum absolute atomic E-state index is 0.335. The molecular weight excluding hydrogens is 390 g/mol. The van der Waals surface area contributed by atoms with E-state index in [1.165, 1.54) is 30.8 Å². The molecule has 0 fully saturated rings. The summed E-state index contributed by atoms with van der Waals surface area (Å²) in [6.45, 7) is 8.73. The fourth-order valence-corrected chi connectivity index (χ4v) is 4.03. The lowest BCUT2D eigenvalue weighted by molar-refractivity contribution is 0.0600. The maximum absolute atomic E-state index is 11.6. The summed E-state index contributed by atoms with van der Waals surface area (Å²) in [5, 5.41) is 1.16. The van der Waals surface area contributed by atoms with E-state index < -0.39 is 5.97 Å². The van der Waals surface area contributed by atoms with E-state index in [0.29, 0.717) is 23.7 Å². The van der Waals surface area contributed by atoms with Gasteiger partial charge in [0.2, 0.25) is 5.95 Å². The predicted molar refractivity (Wildman–Crippen MR) is 118 cm³/mol. The summed E-state index contributed by atoms with van der Waals surface area (Å²) >= 11 is 0. The fourth-order valence-electron chi connectivity index (χ4n) is 4.03. The van der Waals surface area contributed by atoms with Gasteiger partial charge in [0.25, 0.3) is 0 Å². The molecule has 1 N–H and O–H groups in total. The molecule has 3 heterocycles. The summed E-state index contributed by atoms with van der Waals surface area (Å²) in [7, 11) is 1.34. The van der Waals surface area contributed by atoms with Crippen molar-refractivity contribution in [3.05, 3.63) is 83.1 Å². The molecule has 31 heavy (non-hydrogen) atoms. The summed E-state index contributed by atoms with van der Waals surface area (Å²) in [4.78, 5) is 29.6. The van der Waals surface area contributed by atoms with Crippen molar-refractivity contribution < 1.29 is 9.53 Å². The maximum atomic E-state index is 11.6. The molecule has 1 aliphatic heterocycles. The van der Waals surface area contributed by atoms with Crippen LogP contribution in [0.15, 0.2) is 54.9 Å². The first-order valence-corrected chi connectivity index (χ1v) is 9.93. The molecule has 1 aliphatic rings. The number of rotatable bonds is 3. The Morgan fingerprint density at radius 2 is 1.97 bits per heavy atom. The highest BCUT2D eigenvalue weighted by atomic mass is 16.5. The van der Waals surface area contributed by atoms with Crippen molar-refractivity contribution in [1.82, 2.24) is 15.0 Å². The number of H-pyrrole nitrogens is 1. The van der Waals surface area contributed by atoms with Gasteiger partial charge in [0.1, 0.15) is 0 Å². The molecule has 2 aromatic heterocycles. The molecule has 0 unspecified atom stereocenters. The molecule has 0 radical (unpaired) electrons. The third-order valence-electron chi connectivity index (χ3n) is 5.63. The van der Waals surface area contributed by atoms with E-state index in [1.807, 2.05) is 24.3 Å². The molecular formula is C24H19N5O2. The van der Waals surface area contributed by atoms with Gasteiger partial charge in [-0.15, -0.1) is 0 Å². The van der Waals surface area contributed by atoms with Crippen LogP contribution >= 0.6 is 0 Å². The molecule has 2 aromatic carbocycles. The van der Waals surface area contributed by atoms with Gasteiger partial charge >= 0.3 is 5.97 Å². The number of nitrogens with zero attached hydrogens (tertiary/aromatic N) is 4. The molecule has 0 spiro atoms. The van der Waals surface area contributed by atoms with Gasteiger partial charge < -0.3 is 14.6 Å². The molecule has 0 atom stereocenters. The van der Waals surface area contributed by atoms with Gasteiger partial charge in [-0.2, -0.15) is 0 Å². The van der Waals surface area contributed by atoms with Crippen molar-refractivity contribution in [3.8, 4) is 11.1 Å². The molecule has 0 saturated carbocycles. The summed E-state index contributed by atoms with van der Waals surface area (Å²) in [5.41, 5.74) is 6.62. The molecule has 5 rings (SSSR count). The number of anilines is 1. The number of hydrogen-bond acceptors (Lipinski definition) is 5. The second-order valence-corrected chi connectivity index (χ2v) is 7.44. The Morgan fingerprint density at radius 3 is 2.74 bits per heavy atom. The number of nitrogens with one attached hydrogen (secondary N) is 1. The van der Waals surface area contributed by atoms with E-state index >= 15 is 0 Å². The van der Waals surface area contributed by atoms with Crippen molar-refractivity contribution >= 4 is 28.5 Å². The maximum Gasteiger partial charge on any atom is 0.341 e. The van der Waals surface area contributed by atoms with Crippen LogP contribution in [-0.2, 0) is 17.7 Å². The van der Waals surface area contributed by atoms with Gasteiger partial charge in [-0.3, -0.25) is 0 Å². The van der Waals surface area contributed by atoms with Crippen LogP contribution in [0.25, 0.3) is 26.9 Å². The Bertz CT molecular complexity index is 1330. The standard InChI is InChI=1S/C24H19N5O2/c1-25-18-5-3-4-15(10-18)16-6-7-21-19(11-16)20-14-29(9-8-22(20)28-21)24-26-12-17(13-27-24)23(30)31-2/h3-7,10-13,28H,8-9,14H2,2H3. The van der Waals surface area contributed by atoms with E-state index in [0.717, 1.165) is 35.0 Å². The van der Waals surface area contributed by atoms with Gasteiger partial charge in [-0.1, -0.05) is 24.3 Å². The van der Waals surface area contributed by atoms with Crippen LogP contribution < -0.4 is 4.90 Å². The van der Waals surface area contributed by atoms with Crippen molar-refractivity contribution in [2.75, 3.05) is 18.6 Å². The average Bonchev–Trinajstić information content (AvgIpc) is 3.20. The third-order valence-corrected chi connectivity index (χ3v) is 5.63. The Morgan fingerprint density at radius 1 is 1.16 bits per heavy atom. The van der Waals surface area contributed by atoms with Gasteiger partial charge in [0, 0.05) is 54.1 Å². The fraction of sp³-hybridized carbons (Fsp3) is 0.167. The number of methoxy groups -OCH3 is 1. The van der Waals surface area contributed by atoms with Crippen molar-refractivity contribution in [1.29, 1.82) is 0 Å². The zero-order chi connectivity index (χ0) is 21.4. The van der Waals surface area contributed by atoms with Crippen LogP contribution in [0.2, 0.25) is 0 Å². The minimum atomic E-state index is -0.445. The van der Waals surface area contributed by atoms with E-state index in [1.54, 1.807) is 0 Å². The van der Waals surface area contributed by atoms with Crippen LogP contribution in [0.3, 0.4) is 0 Å². The molecule has 7 heteroatoms. The minimum Gasteiger partial charge on any atom is -0.465 e. The Kier molecular flexibility index (Phi) is 4.60. The first kappa shape index (κ1) is 18.8. The van der Waals surface area contributed by atoms with Gasteiger partial charge in [0.05, 0.1) is 19.2 Å². The van der Waals surface area contributed by atoms with E-state index in [2.05, 4.69) is 42.9 Å². The van der Waals surface area contributed by atoms with E-state index in [-0.39, 0.29) is 0 Å². The molecule has 0 amide bonds. The van der Waals surface area contributed by atoms with Gasteiger partial charge in [-0.25, -0.2) is 19.6 Å². The lowest BCUT2D eigenvalue weighted by Gasteiger charge is -2.27. The number of carbonyl (C=O) groups excluding carboxylic acids is 1. The zero-order valence-corrected chi connectivity index (χ0v) is 16.9. The first-order valence-electron chi connectivity index (χ1n) is 9.93. The lowest BCUT2D eigenvalue weighted by atomic mass is 10.00. The van der Waals surface area contributed by atoms with Crippen LogP contribution in [0.4, 0.5) is 11.6 Å². The second-order valence-electron chi connectivity index (χ2n) is 7.44. The lowest BCUT2D eigenvalue weighted by Crippen LogP contribution is -2.31. The monoisotopic (exact) mass is 409 g/mol. The molecule has 7 nitrogen and oxygen atoms in total. The van der Waals surface area contributed by atoms with Crippen LogP contribution in [0, 0.1) is 6.57 Å². The highest BCUT2D eigenvalue weighted by Crippen LogP contribution is 2.33. The SMILES string of the molecule is [C-]#[N+]c1cccc(-c2ccc3[nH]c4c(c3c2)CN(c2ncc(C(=O)OC)cn2)CC4)c1. The van der Waals surface area contributed by atoms with Gasteiger partial charge in [0.15, 0.2) is 5.69 Å². The molecule has 0 saturated heterocycles. The molecule has 4 aromatic rings. The van der Waals surface area contributed by atoms with Crippen LogP contribution in [0.5, 0.6) is 0 Å². The Labute approximate surface area is 179 Å². The summed E-state index contributed by atoms with van der Waals surface area (Å²) in [5.74, 6) is 0.146. The number of esters is 1. The first-order chi connectivity index (χ1) is 15.2. The van der Waals surface area contributed by atoms with E-state index in [9.17, 15) is 4.79 Å². The number of aromatic nitrogens is 3.